The van der Waals surface area contributed by atoms with Crippen LogP contribution in [0.1, 0.15) is 45.6 Å². The van der Waals surface area contributed by atoms with E-state index in [1.165, 1.54) is 6.33 Å². The second-order valence-corrected chi connectivity index (χ2v) is 7.71. The first-order valence-electron chi connectivity index (χ1n) is 8.53. The smallest absolute Gasteiger partial charge is 0.410 e. The number of carboxylic acid groups (broad SMARTS) is 1. The number of hydrogen-bond acceptors (Lipinski definition) is 6. The topological polar surface area (TPSA) is 95.9 Å². The zero-order valence-corrected chi connectivity index (χ0v) is 16.3. The number of piperazine rings is 1. The predicted octanol–water partition coefficient (Wildman–Crippen LogP) is 2.77. The van der Waals surface area contributed by atoms with Crippen LogP contribution >= 0.6 is 11.6 Å². The third kappa shape index (κ3) is 5.20. The predicted molar refractivity (Wildman–Crippen MR) is 97.7 cm³/mol. The Balaban J connectivity index is 2.11. The second kappa shape index (κ2) is 8.07. The number of carbonyl (C=O) groups is 2. The molecule has 2 heterocycles. The molecule has 1 aromatic rings. The fraction of sp³-hybridized carbons (Fsp3) is 0.647. The van der Waals surface area contributed by atoms with Crippen molar-refractivity contribution < 1.29 is 19.4 Å². The van der Waals surface area contributed by atoms with Crippen molar-refractivity contribution in [3.8, 4) is 0 Å². The first kappa shape index (κ1) is 20.2. The Morgan fingerprint density at radius 3 is 2.42 bits per heavy atom. The lowest BCUT2D eigenvalue weighted by Crippen LogP contribution is -2.50. The van der Waals surface area contributed by atoms with E-state index < -0.39 is 11.6 Å². The molecule has 26 heavy (non-hydrogen) atoms. The summed E-state index contributed by atoms with van der Waals surface area (Å²) in [6, 6.07) is 0. The van der Waals surface area contributed by atoms with Gasteiger partial charge in [0.1, 0.15) is 22.9 Å². The van der Waals surface area contributed by atoms with Crippen LogP contribution in [0, 0.1) is 0 Å². The molecule has 0 bridgehead atoms. The Morgan fingerprint density at radius 1 is 1.27 bits per heavy atom. The number of aliphatic carboxylic acids is 1. The Bertz CT molecular complexity index is 669. The largest absolute Gasteiger partial charge is 0.481 e. The third-order valence-electron chi connectivity index (χ3n) is 4.02. The van der Waals surface area contributed by atoms with Crippen LogP contribution in [0.3, 0.4) is 0 Å². The van der Waals surface area contributed by atoms with Crippen LogP contribution in [-0.2, 0) is 9.53 Å². The van der Waals surface area contributed by atoms with Gasteiger partial charge in [0.15, 0.2) is 0 Å². The molecular weight excluding hydrogens is 360 g/mol. The third-order valence-corrected chi connectivity index (χ3v) is 4.32. The van der Waals surface area contributed by atoms with E-state index in [0.29, 0.717) is 37.6 Å². The van der Waals surface area contributed by atoms with Crippen molar-refractivity contribution >= 4 is 29.5 Å². The summed E-state index contributed by atoms with van der Waals surface area (Å²) < 4.78 is 5.40. The molecule has 0 radical (unpaired) electrons. The van der Waals surface area contributed by atoms with Gasteiger partial charge >= 0.3 is 12.1 Å². The highest BCUT2D eigenvalue weighted by Gasteiger charge is 2.29. The molecule has 1 aliphatic rings. The van der Waals surface area contributed by atoms with Crippen molar-refractivity contribution in [2.45, 2.75) is 45.6 Å². The number of carboxylic acids is 1. The number of rotatable bonds is 4. The summed E-state index contributed by atoms with van der Waals surface area (Å²) in [4.78, 5) is 35.2. The Kier molecular flexibility index (Phi) is 6.28. The van der Waals surface area contributed by atoms with Crippen molar-refractivity contribution in [1.82, 2.24) is 14.9 Å². The number of amides is 1. The molecule has 0 saturated carbocycles. The fourth-order valence-electron chi connectivity index (χ4n) is 2.83. The number of aromatic nitrogens is 2. The molecule has 0 aromatic carbocycles. The number of ether oxygens (including phenoxy) is 1. The molecule has 144 valence electrons. The van der Waals surface area contributed by atoms with Crippen molar-refractivity contribution in [1.29, 1.82) is 0 Å². The maximum atomic E-state index is 12.2. The minimum Gasteiger partial charge on any atom is -0.481 e. The van der Waals surface area contributed by atoms with Crippen LogP contribution in [0.25, 0.3) is 0 Å². The average Bonchev–Trinajstić information content (AvgIpc) is 2.52. The zero-order chi connectivity index (χ0) is 19.5. The van der Waals surface area contributed by atoms with Gasteiger partial charge in [-0.2, -0.15) is 0 Å². The van der Waals surface area contributed by atoms with Gasteiger partial charge < -0.3 is 19.6 Å². The van der Waals surface area contributed by atoms with E-state index in [0.717, 1.165) is 0 Å². The van der Waals surface area contributed by atoms with Crippen LogP contribution in [0.15, 0.2) is 6.33 Å². The molecule has 2 rings (SSSR count). The number of carbonyl (C=O) groups excluding carboxylic acids is 1. The first-order valence-corrected chi connectivity index (χ1v) is 8.91. The molecule has 1 aliphatic heterocycles. The Hall–Kier alpha value is -2.09. The highest BCUT2D eigenvalue weighted by Crippen LogP contribution is 2.33. The highest BCUT2D eigenvalue weighted by atomic mass is 35.5. The van der Waals surface area contributed by atoms with Gasteiger partial charge in [0.2, 0.25) is 0 Å². The van der Waals surface area contributed by atoms with E-state index in [9.17, 15) is 9.59 Å². The fourth-order valence-corrected chi connectivity index (χ4v) is 3.15. The molecule has 8 nitrogen and oxygen atoms in total. The highest BCUT2D eigenvalue weighted by molar-refractivity contribution is 6.30. The number of nitrogens with zero attached hydrogens (tertiary/aromatic N) is 4. The summed E-state index contributed by atoms with van der Waals surface area (Å²) in [5.41, 5.74) is 0.0932. The molecule has 0 aliphatic carbocycles. The van der Waals surface area contributed by atoms with Crippen LogP contribution in [-0.4, -0.2) is 63.8 Å². The monoisotopic (exact) mass is 384 g/mol. The van der Waals surface area contributed by atoms with E-state index in [-0.39, 0.29) is 23.6 Å². The standard InChI is InChI=1S/C17H25ClN4O4/c1-11(9-12(23)24)13-14(18)19-10-20-15(13)21-5-7-22(8-6-21)16(25)26-17(2,3)4/h10-11H,5-9H2,1-4H3,(H,23,24)/t11-/m1/s1. The maximum Gasteiger partial charge on any atom is 0.410 e. The molecule has 0 spiro atoms. The average molecular weight is 385 g/mol. The second-order valence-electron chi connectivity index (χ2n) is 7.36. The van der Waals surface area contributed by atoms with Crippen molar-refractivity contribution in [2.24, 2.45) is 0 Å². The van der Waals surface area contributed by atoms with Gasteiger partial charge in [0.05, 0.1) is 6.42 Å². The van der Waals surface area contributed by atoms with E-state index in [4.69, 9.17) is 21.4 Å². The molecule has 0 unspecified atom stereocenters. The van der Waals surface area contributed by atoms with Gasteiger partial charge in [0.25, 0.3) is 0 Å². The molecule has 1 atom stereocenters. The van der Waals surface area contributed by atoms with Gasteiger partial charge in [-0.05, 0) is 26.7 Å². The van der Waals surface area contributed by atoms with E-state index in [2.05, 4.69) is 9.97 Å². The molecular formula is C17H25ClN4O4. The van der Waals surface area contributed by atoms with Gasteiger partial charge in [0, 0.05) is 31.7 Å². The van der Waals surface area contributed by atoms with Crippen molar-refractivity contribution in [2.75, 3.05) is 31.1 Å². The number of anilines is 1. The SMILES string of the molecule is C[C@H](CC(=O)O)c1c(Cl)ncnc1N1CCN(C(=O)OC(C)(C)C)CC1. The molecule has 9 heteroatoms. The minimum absolute atomic E-state index is 0.0576. The Labute approximate surface area is 158 Å². The lowest BCUT2D eigenvalue weighted by atomic mass is 9.99. The van der Waals surface area contributed by atoms with Gasteiger partial charge in [-0.25, -0.2) is 14.8 Å². The number of halogens is 1. The summed E-state index contributed by atoms with van der Waals surface area (Å²) >= 11 is 6.22. The summed E-state index contributed by atoms with van der Waals surface area (Å²) in [6.07, 6.45) is 0.977. The quantitative estimate of drug-likeness (QED) is 0.797. The lowest BCUT2D eigenvalue weighted by Gasteiger charge is -2.37. The van der Waals surface area contributed by atoms with Crippen molar-refractivity contribution in [3.63, 3.8) is 0 Å². The maximum absolute atomic E-state index is 12.2. The van der Waals surface area contributed by atoms with E-state index >= 15 is 0 Å². The van der Waals surface area contributed by atoms with Crippen LogP contribution in [0.2, 0.25) is 5.15 Å². The molecule has 1 saturated heterocycles. The summed E-state index contributed by atoms with van der Waals surface area (Å²) in [7, 11) is 0. The summed E-state index contributed by atoms with van der Waals surface area (Å²) in [6.45, 7) is 9.38. The van der Waals surface area contributed by atoms with Crippen LogP contribution in [0.5, 0.6) is 0 Å². The van der Waals surface area contributed by atoms with Crippen LogP contribution in [0.4, 0.5) is 10.6 Å². The van der Waals surface area contributed by atoms with Gasteiger partial charge in [-0.3, -0.25) is 4.79 Å². The van der Waals surface area contributed by atoms with Gasteiger partial charge in [-0.15, -0.1) is 0 Å². The van der Waals surface area contributed by atoms with Crippen LogP contribution < -0.4 is 4.90 Å². The van der Waals surface area contributed by atoms with E-state index in [1.807, 2.05) is 25.7 Å². The zero-order valence-electron chi connectivity index (χ0n) is 15.5. The van der Waals surface area contributed by atoms with Gasteiger partial charge in [-0.1, -0.05) is 18.5 Å². The molecule has 1 N–H and O–H groups in total. The van der Waals surface area contributed by atoms with E-state index in [1.54, 1.807) is 11.8 Å². The van der Waals surface area contributed by atoms with Crippen molar-refractivity contribution in [3.05, 3.63) is 17.0 Å². The first-order chi connectivity index (χ1) is 12.1. The Morgan fingerprint density at radius 2 is 1.88 bits per heavy atom. The molecule has 1 fully saturated rings. The summed E-state index contributed by atoms with van der Waals surface area (Å²) in [5, 5.41) is 9.33. The normalized spacial score (nSPS) is 16.3. The summed E-state index contributed by atoms with van der Waals surface area (Å²) in [5.74, 6) is -0.596. The number of hydrogen-bond donors (Lipinski definition) is 1. The minimum atomic E-state index is -0.905. The lowest BCUT2D eigenvalue weighted by molar-refractivity contribution is -0.137. The molecule has 1 amide bonds. The molecule has 1 aromatic heterocycles.